The summed E-state index contributed by atoms with van der Waals surface area (Å²) in [5.74, 6) is 0.722. The lowest BCUT2D eigenvalue weighted by molar-refractivity contribution is 0.586. The first kappa shape index (κ1) is 19.0. The number of halogens is 1. The van der Waals surface area contributed by atoms with Crippen molar-refractivity contribution in [2.45, 2.75) is 6.92 Å². The molecule has 2 aromatic carbocycles. The summed E-state index contributed by atoms with van der Waals surface area (Å²) in [6, 6.07) is 20.8. The fourth-order valence-electron chi connectivity index (χ4n) is 1.26. The van der Waals surface area contributed by atoms with E-state index in [0.717, 1.165) is 5.88 Å². The van der Waals surface area contributed by atoms with Crippen LogP contribution in [0.25, 0.3) is 11.1 Å². The summed E-state index contributed by atoms with van der Waals surface area (Å²) in [5.41, 5.74) is 2.55. The zero-order valence-corrected chi connectivity index (χ0v) is 14.4. The summed E-state index contributed by atoms with van der Waals surface area (Å²) in [6.07, 6.45) is 0. The Labute approximate surface area is 128 Å². The van der Waals surface area contributed by atoms with E-state index in [4.69, 9.17) is 11.6 Å². The Morgan fingerprint density at radius 2 is 1.00 bits per heavy atom. The zero-order valence-electron chi connectivity index (χ0n) is 12.7. The number of rotatable bonds is 1. The van der Waals surface area contributed by atoms with Crippen molar-refractivity contribution < 1.29 is 4.57 Å². The van der Waals surface area contributed by atoms with Crippen molar-refractivity contribution in [3.63, 3.8) is 0 Å². The van der Waals surface area contributed by atoms with E-state index in [1.165, 1.54) is 11.1 Å². The predicted molar refractivity (Wildman–Crippen MR) is 93.7 cm³/mol. The Hall–Kier alpha value is -1.04. The minimum Gasteiger partial charge on any atom is -0.324 e. The predicted octanol–water partition coefficient (Wildman–Crippen LogP) is 5.84. The second-order valence-electron chi connectivity index (χ2n) is 4.89. The van der Waals surface area contributed by atoms with Crippen molar-refractivity contribution in [2.24, 2.45) is 0 Å². The van der Waals surface area contributed by atoms with E-state index in [2.05, 4.69) is 48.5 Å². The molecule has 0 aliphatic carbocycles. The molecule has 1 nitrogen and oxygen atoms in total. The van der Waals surface area contributed by atoms with Crippen LogP contribution in [0, 0.1) is 0 Å². The number of hydrogen-bond acceptors (Lipinski definition) is 1. The molecule has 0 saturated heterocycles. The van der Waals surface area contributed by atoms with E-state index >= 15 is 0 Å². The van der Waals surface area contributed by atoms with Gasteiger partial charge in [-0.05, 0) is 31.1 Å². The maximum Gasteiger partial charge on any atom is 0.0790 e. The molecular formula is C17H24ClOP. The average molecular weight is 311 g/mol. The van der Waals surface area contributed by atoms with Gasteiger partial charge in [-0.15, -0.1) is 11.6 Å². The van der Waals surface area contributed by atoms with E-state index in [0.29, 0.717) is 0 Å². The van der Waals surface area contributed by atoms with E-state index < -0.39 is 7.14 Å². The molecule has 0 aliphatic heterocycles. The molecule has 0 amide bonds. The van der Waals surface area contributed by atoms with Crippen LogP contribution in [0.15, 0.2) is 60.7 Å². The molecule has 2 aromatic rings. The third-order valence-electron chi connectivity index (χ3n) is 1.88. The van der Waals surface area contributed by atoms with Gasteiger partial charge < -0.3 is 4.57 Å². The van der Waals surface area contributed by atoms with Gasteiger partial charge >= 0.3 is 0 Å². The van der Waals surface area contributed by atoms with Crippen LogP contribution < -0.4 is 0 Å². The maximum absolute atomic E-state index is 10.2. The molecule has 0 bridgehead atoms. The Morgan fingerprint density at radius 1 is 0.800 bits per heavy atom. The number of benzene rings is 2. The normalized spacial score (nSPS) is 9.65. The minimum atomic E-state index is -1.64. The van der Waals surface area contributed by atoms with Crippen molar-refractivity contribution in [3.05, 3.63) is 60.7 Å². The van der Waals surface area contributed by atoms with Gasteiger partial charge in [0.2, 0.25) is 0 Å². The topological polar surface area (TPSA) is 17.1 Å². The molecule has 0 N–H and O–H groups in total. The van der Waals surface area contributed by atoms with Gasteiger partial charge in [-0.3, -0.25) is 0 Å². The second kappa shape index (κ2) is 10.7. The van der Waals surface area contributed by atoms with Gasteiger partial charge in [0.1, 0.15) is 0 Å². The van der Waals surface area contributed by atoms with Crippen LogP contribution in [-0.4, -0.2) is 25.9 Å². The lowest BCUT2D eigenvalue weighted by atomic mass is 10.1. The van der Waals surface area contributed by atoms with Gasteiger partial charge in [0.25, 0.3) is 0 Å². The summed E-state index contributed by atoms with van der Waals surface area (Å²) in [4.78, 5) is 0. The quantitative estimate of drug-likeness (QED) is 0.478. The molecule has 0 aromatic heterocycles. The van der Waals surface area contributed by atoms with Crippen LogP contribution in [0.2, 0.25) is 0 Å². The summed E-state index contributed by atoms with van der Waals surface area (Å²) >= 11 is 5.00. The molecule has 0 heterocycles. The van der Waals surface area contributed by atoms with Crippen LogP contribution in [0.1, 0.15) is 6.92 Å². The minimum absolute atomic E-state index is 0.722. The molecular weight excluding hydrogens is 287 g/mol. The van der Waals surface area contributed by atoms with Gasteiger partial charge in [-0.1, -0.05) is 67.6 Å². The van der Waals surface area contributed by atoms with Crippen LogP contribution in [-0.2, 0) is 4.57 Å². The highest BCUT2D eigenvalue weighted by molar-refractivity contribution is 7.61. The molecule has 0 spiro atoms. The van der Waals surface area contributed by atoms with E-state index in [9.17, 15) is 4.57 Å². The summed E-state index contributed by atoms with van der Waals surface area (Å²) in [6.45, 7) is 7.12. The molecule has 2 rings (SSSR count). The lowest BCUT2D eigenvalue weighted by Crippen LogP contribution is -1.73. The molecule has 3 heteroatoms. The van der Waals surface area contributed by atoms with Crippen molar-refractivity contribution >= 4 is 18.7 Å². The fourth-order valence-corrected chi connectivity index (χ4v) is 1.26. The van der Waals surface area contributed by atoms with Crippen LogP contribution in [0.4, 0.5) is 0 Å². The van der Waals surface area contributed by atoms with E-state index in [1.807, 2.05) is 19.1 Å². The zero-order chi connectivity index (χ0) is 15.4. The molecule has 0 atom stereocenters. The van der Waals surface area contributed by atoms with Gasteiger partial charge in [0.05, 0.1) is 7.14 Å². The standard InChI is InChI=1S/C12H10.C3H9OP.C2H5Cl/c1-3-7-11(8-4-1)12-9-5-2-6-10-12;1-5(2,3)4;1-2-3/h1-10H;1-3H3;2H2,1H3. The largest absolute Gasteiger partial charge is 0.324 e. The third-order valence-corrected chi connectivity index (χ3v) is 1.88. The van der Waals surface area contributed by atoms with Gasteiger partial charge in [-0.2, -0.15) is 0 Å². The summed E-state index contributed by atoms with van der Waals surface area (Å²) < 4.78 is 10.2. The lowest BCUT2D eigenvalue weighted by Gasteiger charge is -1.98. The first-order chi connectivity index (χ1) is 9.38. The first-order valence-corrected chi connectivity index (χ1v) is 10.2. The first-order valence-electron chi connectivity index (χ1n) is 6.57. The SMILES string of the molecule is CCCl.CP(C)(C)=O.c1ccc(-c2ccccc2)cc1. The highest BCUT2D eigenvalue weighted by atomic mass is 35.5. The van der Waals surface area contributed by atoms with Crippen LogP contribution in [0.3, 0.4) is 0 Å². The second-order valence-corrected chi connectivity index (χ2v) is 9.20. The smallest absolute Gasteiger partial charge is 0.0790 e. The Balaban J connectivity index is 0.000000382. The molecule has 110 valence electrons. The third kappa shape index (κ3) is 12.0. The Morgan fingerprint density at radius 3 is 1.20 bits per heavy atom. The summed E-state index contributed by atoms with van der Waals surface area (Å²) in [5, 5.41) is 0. The van der Waals surface area contributed by atoms with Gasteiger partial charge in [0.15, 0.2) is 0 Å². The fraction of sp³-hybridized carbons (Fsp3) is 0.294. The molecule has 20 heavy (non-hydrogen) atoms. The highest BCUT2D eigenvalue weighted by Gasteiger charge is 1.91. The van der Waals surface area contributed by atoms with Gasteiger partial charge in [-0.25, -0.2) is 0 Å². The maximum atomic E-state index is 10.2. The molecule has 0 saturated carbocycles. The van der Waals surface area contributed by atoms with Crippen LogP contribution in [0.5, 0.6) is 0 Å². The number of hydrogen-bond donors (Lipinski definition) is 0. The average Bonchev–Trinajstić information content (AvgIpc) is 2.40. The summed E-state index contributed by atoms with van der Waals surface area (Å²) in [7, 11) is -1.64. The van der Waals surface area contributed by atoms with E-state index in [1.54, 1.807) is 20.0 Å². The molecule has 0 unspecified atom stereocenters. The van der Waals surface area contributed by atoms with Crippen molar-refractivity contribution in [2.75, 3.05) is 25.9 Å². The molecule has 0 radical (unpaired) electrons. The highest BCUT2D eigenvalue weighted by Crippen LogP contribution is 2.28. The monoisotopic (exact) mass is 310 g/mol. The Kier molecular flexibility index (Phi) is 10.2. The van der Waals surface area contributed by atoms with Crippen molar-refractivity contribution in [3.8, 4) is 11.1 Å². The van der Waals surface area contributed by atoms with Crippen molar-refractivity contribution in [1.29, 1.82) is 0 Å². The van der Waals surface area contributed by atoms with Crippen LogP contribution >= 0.6 is 18.7 Å². The van der Waals surface area contributed by atoms with E-state index in [-0.39, 0.29) is 0 Å². The Bertz CT molecular complexity index is 445. The molecule has 0 aliphatic rings. The number of alkyl halides is 1. The van der Waals surface area contributed by atoms with Gasteiger partial charge in [0, 0.05) is 5.88 Å². The van der Waals surface area contributed by atoms with Crippen molar-refractivity contribution in [1.82, 2.24) is 0 Å². The molecule has 0 fully saturated rings.